The standard InChI is InChI=1S/C19H20F3N3O4.HI/c1-23-19(24-7-11-2-3-14(20)13(4-11)9-26)25-8-12-5-16-17(28-10-27-16)6-15(12)29-18(21)22;/h2-6,18,26H,7-10H2,1H3,(H2,23,24,25);1H. The van der Waals surface area contributed by atoms with Gasteiger partial charge in [-0.25, -0.2) is 4.39 Å². The second-order valence-electron chi connectivity index (χ2n) is 6.05. The Labute approximate surface area is 188 Å². The zero-order valence-electron chi connectivity index (χ0n) is 16.0. The predicted molar refractivity (Wildman–Crippen MR) is 114 cm³/mol. The molecule has 0 saturated heterocycles. The van der Waals surface area contributed by atoms with Crippen LogP contribution in [-0.4, -0.2) is 31.5 Å². The fourth-order valence-electron chi connectivity index (χ4n) is 2.75. The van der Waals surface area contributed by atoms with Crippen LogP contribution in [0.4, 0.5) is 13.2 Å². The summed E-state index contributed by atoms with van der Waals surface area (Å²) in [6, 6.07) is 7.33. The van der Waals surface area contributed by atoms with Crippen molar-refractivity contribution < 1.29 is 32.5 Å². The molecule has 3 N–H and O–H groups in total. The van der Waals surface area contributed by atoms with Crippen molar-refractivity contribution in [1.82, 2.24) is 10.6 Å². The molecule has 11 heteroatoms. The number of hydrogen-bond acceptors (Lipinski definition) is 5. The largest absolute Gasteiger partial charge is 0.454 e. The van der Waals surface area contributed by atoms with Crippen LogP contribution in [0.2, 0.25) is 0 Å². The second-order valence-corrected chi connectivity index (χ2v) is 6.05. The first kappa shape index (κ1) is 23.9. The lowest BCUT2D eigenvalue weighted by atomic mass is 10.1. The molecule has 164 valence electrons. The lowest BCUT2D eigenvalue weighted by molar-refractivity contribution is -0.0505. The predicted octanol–water partition coefficient (Wildman–Crippen LogP) is 3.13. The van der Waals surface area contributed by atoms with Gasteiger partial charge < -0.3 is 30.0 Å². The Bertz CT molecular complexity index is 900. The summed E-state index contributed by atoms with van der Waals surface area (Å²) >= 11 is 0. The first-order chi connectivity index (χ1) is 14.0. The Hall–Kier alpha value is -2.41. The van der Waals surface area contributed by atoms with Crippen LogP contribution < -0.4 is 24.8 Å². The fraction of sp³-hybridized carbons (Fsp3) is 0.316. The number of alkyl halides is 2. The van der Waals surface area contributed by atoms with Crippen LogP contribution in [0.5, 0.6) is 17.2 Å². The minimum absolute atomic E-state index is 0. The topological polar surface area (TPSA) is 84.3 Å². The van der Waals surface area contributed by atoms with Gasteiger partial charge >= 0.3 is 6.61 Å². The number of fused-ring (bicyclic) bond motifs is 1. The van der Waals surface area contributed by atoms with Crippen molar-refractivity contribution in [3.8, 4) is 17.2 Å². The molecular weight excluding hydrogens is 518 g/mol. The van der Waals surface area contributed by atoms with Gasteiger partial charge in [0.05, 0.1) is 6.61 Å². The van der Waals surface area contributed by atoms with Gasteiger partial charge in [0.15, 0.2) is 17.5 Å². The molecule has 0 fully saturated rings. The number of nitrogens with zero attached hydrogens (tertiary/aromatic N) is 1. The Kier molecular flexibility index (Phi) is 8.84. The van der Waals surface area contributed by atoms with Gasteiger partial charge in [0.2, 0.25) is 6.79 Å². The van der Waals surface area contributed by atoms with Crippen LogP contribution in [0.15, 0.2) is 35.3 Å². The molecule has 0 saturated carbocycles. The number of aliphatic hydroxyl groups excluding tert-OH is 1. The van der Waals surface area contributed by atoms with Gasteiger partial charge in [0.1, 0.15) is 11.6 Å². The van der Waals surface area contributed by atoms with Crippen molar-refractivity contribution in [2.24, 2.45) is 4.99 Å². The van der Waals surface area contributed by atoms with Gasteiger partial charge in [-0.15, -0.1) is 24.0 Å². The smallest absolute Gasteiger partial charge is 0.387 e. The number of aliphatic hydroxyl groups is 1. The number of hydrogen-bond donors (Lipinski definition) is 3. The third kappa shape index (κ3) is 6.05. The lowest BCUT2D eigenvalue weighted by Gasteiger charge is -2.15. The summed E-state index contributed by atoms with van der Waals surface area (Å²) < 4.78 is 53.9. The molecule has 0 aromatic heterocycles. The van der Waals surface area contributed by atoms with Crippen molar-refractivity contribution in [3.63, 3.8) is 0 Å². The number of rotatable bonds is 7. The molecule has 2 aromatic rings. The van der Waals surface area contributed by atoms with E-state index in [9.17, 15) is 13.2 Å². The molecule has 1 aliphatic rings. The van der Waals surface area contributed by atoms with Crippen LogP contribution in [0, 0.1) is 5.82 Å². The van der Waals surface area contributed by atoms with E-state index in [2.05, 4.69) is 20.4 Å². The molecule has 30 heavy (non-hydrogen) atoms. The lowest BCUT2D eigenvalue weighted by Crippen LogP contribution is -2.36. The molecule has 7 nitrogen and oxygen atoms in total. The van der Waals surface area contributed by atoms with Crippen LogP contribution in [0.25, 0.3) is 0 Å². The molecule has 0 aliphatic carbocycles. The van der Waals surface area contributed by atoms with E-state index >= 15 is 0 Å². The first-order valence-corrected chi connectivity index (χ1v) is 8.70. The van der Waals surface area contributed by atoms with E-state index in [1.807, 2.05) is 0 Å². The molecule has 0 spiro atoms. The molecule has 1 heterocycles. The molecule has 0 atom stereocenters. The van der Waals surface area contributed by atoms with Crippen LogP contribution in [0.3, 0.4) is 0 Å². The summed E-state index contributed by atoms with van der Waals surface area (Å²) in [5, 5.41) is 15.2. The Morgan fingerprint density at radius 1 is 1.13 bits per heavy atom. The van der Waals surface area contributed by atoms with Gasteiger partial charge in [-0.05, 0) is 23.8 Å². The average molecular weight is 539 g/mol. The summed E-state index contributed by atoms with van der Waals surface area (Å²) in [5.41, 5.74) is 1.37. The van der Waals surface area contributed by atoms with Gasteiger partial charge in [0.25, 0.3) is 0 Å². The fourth-order valence-corrected chi connectivity index (χ4v) is 2.75. The second kappa shape index (κ2) is 11.1. The number of benzene rings is 2. The van der Waals surface area contributed by atoms with Gasteiger partial charge in [-0.3, -0.25) is 4.99 Å². The maximum absolute atomic E-state index is 13.5. The minimum Gasteiger partial charge on any atom is -0.454 e. The zero-order chi connectivity index (χ0) is 20.8. The highest BCUT2D eigenvalue weighted by Gasteiger charge is 2.20. The maximum atomic E-state index is 13.5. The molecule has 0 bridgehead atoms. The first-order valence-electron chi connectivity index (χ1n) is 8.70. The summed E-state index contributed by atoms with van der Waals surface area (Å²) in [6.07, 6.45) is 0. The Morgan fingerprint density at radius 2 is 1.83 bits per heavy atom. The number of aliphatic imine (C=N–C) groups is 1. The Balaban J connectivity index is 0.00000320. The summed E-state index contributed by atoms with van der Waals surface area (Å²) in [5.74, 6) is 0.657. The highest BCUT2D eigenvalue weighted by atomic mass is 127. The van der Waals surface area contributed by atoms with E-state index in [1.165, 1.54) is 12.1 Å². The van der Waals surface area contributed by atoms with Crippen molar-refractivity contribution >= 4 is 29.9 Å². The maximum Gasteiger partial charge on any atom is 0.387 e. The molecule has 0 amide bonds. The summed E-state index contributed by atoms with van der Waals surface area (Å²) in [7, 11) is 1.55. The molecule has 0 unspecified atom stereocenters. The van der Waals surface area contributed by atoms with E-state index < -0.39 is 19.0 Å². The van der Waals surface area contributed by atoms with Crippen LogP contribution >= 0.6 is 24.0 Å². The van der Waals surface area contributed by atoms with Crippen LogP contribution in [-0.2, 0) is 19.7 Å². The number of halogens is 4. The monoisotopic (exact) mass is 539 g/mol. The van der Waals surface area contributed by atoms with Crippen LogP contribution in [0.1, 0.15) is 16.7 Å². The van der Waals surface area contributed by atoms with E-state index in [4.69, 9.17) is 14.6 Å². The van der Waals surface area contributed by atoms with Crippen molar-refractivity contribution in [2.45, 2.75) is 26.3 Å². The number of ether oxygens (including phenoxy) is 3. The van der Waals surface area contributed by atoms with E-state index in [1.54, 1.807) is 25.2 Å². The number of guanidine groups is 1. The molecule has 3 rings (SSSR count). The van der Waals surface area contributed by atoms with Gasteiger partial charge in [-0.1, -0.05) is 6.07 Å². The quantitative estimate of drug-likeness (QED) is 0.285. The summed E-state index contributed by atoms with van der Waals surface area (Å²) in [4.78, 5) is 4.07. The molecule has 2 aromatic carbocycles. The zero-order valence-corrected chi connectivity index (χ0v) is 18.3. The third-order valence-corrected chi connectivity index (χ3v) is 4.18. The summed E-state index contributed by atoms with van der Waals surface area (Å²) in [6.45, 7) is -2.93. The van der Waals surface area contributed by atoms with Crippen molar-refractivity contribution in [2.75, 3.05) is 13.8 Å². The third-order valence-electron chi connectivity index (χ3n) is 4.18. The van der Waals surface area contributed by atoms with Crippen molar-refractivity contribution in [3.05, 3.63) is 52.8 Å². The van der Waals surface area contributed by atoms with Gasteiger partial charge in [0, 0.05) is 37.3 Å². The molecular formula is C19H21F3IN3O4. The normalized spacial score (nSPS) is 12.5. The van der Waals surface area contributed by atoms with E-state index in [-0.39, 0.29) is 48.6 Å². The van der Waals surface area contributed by atoms with Gasteiger partial charge in [-0.2, -0.15) is 8.78 Å². The highest BCUT2D eigenvalue weighted by Crippen LogP contribution is 2.38. The molecule has 0 radical (unpaired) electrons. The van der Waals surface area contributed by atoms with Crippen molar-refractivity contribution in [1.29, 1.82) is 0 Å². The van der Waals surface area contributed by atoms with E-state index in [0.717, 1.165) is 5.56 Å². The SMILES string of the molecule is CN=C(NCc1ccc(F)c(CO)c1)NCc1cc2c(cc1OC(F)F)OCO2.I. The highest BCUT2D eigenvalue weighted by molar-refractivity contribution is 14.0. The van der Waals surface area contributed by atoms with E-state index in [0.29, 0.717) is 29.6 Å². The average Bonchev–Trinajstić information content (AvgIpc) is 3.15. The Morgan fingerprint density at radius 3 is 2.50 bits per heavy atom. The number of nitrogens with one attached hydrogen (secondary N) is 2. The minimum atomic E-state index is -2.98. The molecule has 1 aliphatic heterocycles.